The van der Waals surface area contributed by atoms with Gasteiger partial charge in [0.15, 0.2) is 0 Å². The molecule has 1 aromatic carbocycles. The molecule has 234 valence electrons. The van der Waals surface area contributed by atoms with Crippen LogP contribution in [0.2, 0.25) is 0 Å². The zero-order chi connectivity index (χ0) is 30.3. The summed E-state index contributed by atoms with van der Waals surface area (Å²) in [4.78, 5) is 7.20. The average molecular weight is 642 g/mol. The Kier molecular flexibility index (Phi) is 12.6. The summed E-state index contributed by atoms with van der Waals surface area (Å²) in [6.45, 7) is 4.33. The summed E-state index contributed by atoms with van der Waals surface area (Å²) in [6.07, 6.45) is -1.82. The lowest BCUT2D eigenvalue weighted by Gasteiger charge is -2.16. The van der Waals surface area contributed by atoms with Gasteiger partial charge in [-0.1, -0.05) is 0 Å². The van der Waals surface area contributed by atoms with Crippen LogP contribution >= 0.6 is 12.4 Å². The standard InChI is InChI=1S/C24H31F4N7O5S.ClH/c1-23(2,36)15-35-14-16(12-31-35)21-18(24(26,27)28)13-30-22(34-21)33-20-4-3-17(11-19(20)25)41(37,38)32-6-8-40-10-9-39-7-5-29;/h3-4,11-14,32,36H,5-10,15,29H2,1-2H3,(H,30,33,34);1H. The minimum atomic E-state index is -4.80. The number of aromatic nitrogens is 4. The second-order valence-corrected chi connectivity index (χ2v) is 11.1. The van der Waals surface area contributed by atoms with Gasteiger partial charge in [-0.15, -0.1) is 12.4 Å². The van der Waals surface area contributed by atoms with Gasteiger partial charge in [-0.05, 0) is 32.0 Å². The highest BCUT2D eigenvalue weighted by Crippen LogP contribution is 2.36. The number of hydrogen-bond acceptors (Lipinski definition) is 10. The number of nitrogens with one attached hydrogen (secondary N) is 2. The van der Waals surface area contributed by atoms with Gasteiger partial charge in [0.2, 0.25) is 16.0 Å². The maximum Gasteiger partial charge on any atom is 0.419 e. The van der Waals surface area contributed by atoms with E-state index in [0.29, 0.717) is 26.0 Å². The lowest BCUT2D eigenvalue weighted by Crippen LogP contribution is -2.28. The molecule has 2 aromatic heterocycles. The maximum atomic E-state index is 14.8. The molecule has 3 aromatic rings. The number of benzene rings is 1. The molecule has 12 nitrogen and oxygen atoms in total. The summed E-state index contributed by atoms with van der Waals surface area (Å²) in [6, 6.07) is 2.95. The van der Waals surface area contributed by atoms with E-state index in [1.807, 2.05) is 0 Å². The van der Waals surface area contributed by atoms with Gasteiger partial charge >= 0.3 is 6.18 Å². The first-order valence-electron chi connectivity index (χ1n) is 12.3. The number of rotatable bonds is 15. The van der Waals surface area contributed by atoms with Crippen LogP contribution in [0.5, 0.6) is 0 Å². The van der Waals surface area contributed by atoms with Crippen LogP contribution in [0, 0.1) is 5.82 Å². The number of alkyl halides is 3. The summed E-state index contributed by atoms with van der Waals surface area (Å²) in [5, 5.41) is 16.4. The molecule has 0 aliphatic rings. The van der Waals surface area contributed by atoms with Crippen molar-refractivity contribution in [2.45, 2.75) is 37.1 Å². The SMILES string of the molecule is CC(C)(O)Cn1cc(-c2nc(Nc3ccc(S(=O)(=O)NCCOCCOCCN)cc3F)ncc2C(F)(F)F)cn1.Cl. The summed E-state index contributed by atoms with van der Waals surface area (Å²) >= 11 is 0. The van der Waals surface area contributed by atoms with Crippen LogP contribution in [0.15, 0.2) is 41.7 Å². The Hall–Kier alpha value is -2.93. The van der Waals surface area contributed by atoms with Crippen LogP contribution in [0.25, 0.3) is 11.3 Å². The molecule has 0 spiro atoms. The van der Waals surface area contributed by atoms with Gasteiger partial charge in [0, 0.05) is 31.0 Å². The van der Waals surface area contributed by atoms with E-state index in [9.17, 15) is 31.1 Å². The molecule has 0 saturated heterocycles. The Morgan fingerprint density at radius 2 is 1.79 bits per heavy atom. The van der Waals surface area contributed by atoms with Crippen molar-refractivity contribution in [1.29, 1.82) is 0 Å². The molecule has 0 amide bonds. The number of ether oxygens (including phenoxy) is 2. The molecule has 0 bridgehead atoms. The van der Waals surface area contributed by atoms with Crippen LogP contribution in [0.4, 0.5) is 29.2 Å². The lowest BCUT2D eigenvalue weighted by molar-refractivity contribution is -0.137. The van der Waals surface area contributed by atoms with Crippen molar-refractivity contribution in [2.75, 3.05) is 44.8 Å². The molecule has 0 saturated carbocycles. The molecule has 2 heterocycles. The molecule has 0 fully saturated rings. The fraction of sp³-hybridized carbons (Fsp3) is 0.458. The van der Waals surface area contributed by atoms with Gasteiger partial charge in [-0.3, -0.25) is 4.68 Å². The van der Waals surface area contributed by atoms with Crippen LogP contribution in [-0.2, 0) is 32.2 Å². The first kappa shape index (κ1) is 35.3. The summed E-state index contributed by atoms with van der Waals surface area (Å²) in [5.41, 5.74) is 2.17. The number of anilines is 2. The molecule has 0 aliphatic carbocycles. The zero-order valence-electron chi connectivity index (χ0n) is 22.7. The van der Waals surface area contributed by atoms with Crippen molar-refractivity contribution >= 4 is 34.1 Å². The number of nitrogens with two attached hydrogens (primary N) is 1. The molecular formula is C24H32ClF4N7O5S. The fourth-order valence-corrected chi connectivity index (χ4v) is 4.48. The van der Waals surface area contributed by atoms with Crippen LogP contribution < -0.4 is 15.8 Å². The first-order valence-corrected chi connectivity index (χ1v) is 13.8. The van der Waals surface area contributed by atoms with E-state index in [1.165, 1.54) is 24.7 Å². The topological polar surface area (TPSA) is 167 Å². The van der Waals surface area contributed by atoms with Crippen molar-refractivity contribution in [3.8, 4) is 11.3 Å². The lowest BCUT2D eigenvalue weighted by atomic mass is 10.1. The van der Waals surface area contributed by atoms with Gasteiger partial charge in [0.25, 0.3) is 0 Å². The molecule has 0 radical (unpaired) electrons. The number of hydrogen-bond donors (Lipinski definition) is 4. The second-order valence-electron chi connectivity index (χ2n) is 9.37. The maximum absolute atomic E-state index is 14.8. The largest absolute Gasteiger partial charge is 0.419 e. The summed E-state index contributed by atoms with van der Waals surface area (Å²) in [5.74, 6) is -1.38. The highest BCUT2D eigenvalue weighted by atomic mass is 35.5. The summed E-state index contributed by atoms with van der Waals surface area (Å²) in [7, 11) is -4.08. The van der Waals surface area contributed by atoms with E-state index in [0.717, 1.165) is 24.4 Å². The van der Waals surface area contributed by atoms with Crippen LogP contribution in [0.1, 0.15) is 19.4 Å². The number of aliphatic hydroxyl groups is 1. The average Bonchev–Trinajstić information content (AvgIpc) is 3.33. The third-order valence-electron chi connectivity index (χ3n) is 5.22. The predicted octanol–water partition coefficient (Wildman–Crippen LogP) is 2.70. The van der Waals surface area contributed by atoms with Gasteiger partial charge in [0.05, 0.1) is 61.0 Å². The molecule has 0 atom stereocenters. The smallest absolute Gasteiger partial charge is 0.389 e. The van der Waals surface area contributed by atoms with E-state index in [4.69, 9.17) is 15.2 Å². The Balaban J connectivity index is 0.00000616. The quantitative estimate of drug-likeness (QED) is 0.143. The van der Waals surface area contributed by atoms with Crippen LogP contribution in [-0.4, -0.2) is 78.4 Å². The Morgan fingerprint density at radius 1 is 1.10 bits per heavy atom. The van der Waals surface area contributed by atoms with Gasteiger partial charge < -0.3 is 25.6 Å². The van der Waals surface area contributed by atoms with Crippen molar-refractivity contribution in [3.05, 3.63) is 48.2 Å². The van der Waals surface area contributed by atoms with Crippen molar-refractivity contribution in [2.24, 2.45) is 5.73 Å². The van der Waals surface area contributed by atoms with Gasteiger partial charge in [0.1, 0.15) is 11.4 Å². The Bertz CT molecular complexity index is 1420. The van der Waals surface area contributed by atoms with E-state index in [1.54, 1.807) is 0 Å². The Morgan fingerprint density at radius 3 is 2.40 bits per heavy atom. The molecule has 0 aliphatic heterocycles. The minimum absolute atomic E-state index is 0. The number of nitrogens with zero attached hydrogens (tertiary/aromatic N) is 4. The van der Waals surface area contributed by atoms with Crippen LogP contribution in [0.3, 0.4) is 0 Å². The third kappa shape index (κ3) is 10.4. The fourth-order valence-electron chi connectivity index (χ4n) is 3.46. The highest BCUT2D eigenvalue weighted by Gasteiger charge is 2.36. The molecule has 0 unspecified atom stereocenters. The minimum Gasteiger partial charge on any atom is -0.389 e. The molecule has 18 heteroatoms. The highest BCUT2D eigenvalue weighted by molar-refractivity contribution is 7.89. The van der Waals surface area contributed by atoms with Crippen molar-refractivity contribution in [3.63, 3.8) is 0 Å². The van der Waals surface area contributed by atoms with E-state index in [-0.39, 0.29) is 60.8 Å². The number of sulfonamides is 1. The molecule has 3 rings (SSSR count). The third-order valence-corrected chi connectivity index (χ3v) is 6.68. The van der Waals surface area contributed by atoms with E-state index < -0.39 is 38.9 Å². The monoisotopic (exact) mass is 641 g/mol. The van der Waals surface area contributed by atoms with E-state index in [2.05, 4.69) is 25.1 Å². The molecule has 42 heavy (non-hydrogen) atoms. The van der Waals surface area contributed by atoms with Crippen molar-refractivity contribution in [1.82, 2.24) is 24.5 Å². The predicted molar refractivity (Wildman–Crippen MR) is 147 cm³/mol. The molecule has 5 N–H and O–H groups in total. The van der Waals surface area contributed by atoms with Crippen molar-refractivity contribution < 1.29 is 40.6 Å². The normalized spacial score (nSPS) is 12.3. The molecular weight excluding hydrogens is 610 g/mol. The van der Waals surface area contributed by atoms with Gasteiger partial charge in [-0.2, -0.15) is 18.3 Å². The second kappa shape index (κ2) is 15.0. The Labute approximate surface area is 246 Å². The zero-order valence-corrected chi connectivity index (χ0v) is 24.3. The summed E-state index contributed by atoms with van der Waals surface area (Å²) < 4.78 is 94.8. The van der Waals surface area contributed by atoms with E-state index >= 15 is 0 Å². The first-order chi connectivity index (χ1) is 19.2. The number of halogens is 5. The van der Waals surface area contributed by atoms with Gasteiger partial charge in [-0.25, -0.2) is 27.5 Å².